The van der Waals surface area contributed by atoms with Crippen LogP contribution in [-0.4, -0.2) is 23.3 Å². The number of thioether (sulfide) groups is 1. The maximum absolute atomic E-state index is 11.2. The average Bonchev–Trinajstić information content (AvgIpc) is 2.67. The molecule has 78 valence electrons. The van der Waals surface area contributed by atoms with Crippen LogP contribution in [0, 0.1) is 5.92 Å². The Bertz CT molecular complexity index is 274. The van der Waals surface area contributed by atoms with Gasteiger partial charge in [0.1, 0.15) is 4.34 Å². The summed E-state index contributed by atoms with van der Waals surface area (Å²) < 4.78 is 5.91. The first kappa shape index (κ1) is 11.5. The largest absolute Gasteiger partial charge is 0.466 e. The molecule has 1 heterocycles. The summed E-state index contributed by atoms with van der Waals surface area (Å²) in [7, 11) is 0. The zero-order valence-corrected chi connectivity index (χ0v) is 9.86. The Balaban J connectivity index is 2.27. The van der Waals surface area contributed by atoms with Gasteiger partial charge in [0.05, 0.1) is 12.5 Å². The molecule has 0 radical (unpaired) electrons. The van der Waals surface area contributed by atoms with Crippen LogP contribution in [0.2, 0.25) is 0 Å². The van der Waals surface area contributed by atoms with Gasteiger partial charge in [-0.15, -0.1) is 11.3 Å². The average molecular weight is 231 g/mol. The van der Waals surface area contributed by atoms with Crippen LogP contribution in [0.4, 0.5) is 0 Å². The molecule has 3 nitrogen and oxygen atoms in total. The molecular formula is C9H13NO2S2. The summed E-state index contributed by atoms with van der Waals surface area (Å²) in [6.45, 7) is 4.14. The van der Waals surface area contributed by atoms with Gasteiger partial charge in [0.2, 0.25) is 0 Å². The predicted octanol–water partition coefficient (Wildman–Crippen LogP) is 2.43. The van der Waals surface area contributed by atoms with Crippen LogP contribution in [-0.2, 0) is 9.53 Å². The van der Waals surface area contributed by atoms with E-state index < -0.39 is 0 Å². The number of ether oxygens (including phenoxy) is 1. The number of thiazole rings is 1. The highest BCUT2D eigenvalue weighted by Crippen LogP contribution is 2.22. The van der Waals surface area contributed by atoms with Crippen molar-refractivity contribution in [1.29, 1.82) is 0 Å². The van der Waals surface area contributed by atoms with E-state index in [0.29, 0.717) is 6.61 Å². The Morgan fingerprint density at radius 2 is 2.57 bits per heavy atom. The molecule has 0 N–H and O–H groups in total. The third kappa shape index (κ3) is 3.67. The van der Waals surface area contributed by atoms with E-state index in [1.165, 1.54) is 0 Å². The monoisotopic (exact) mass is 231 g/mol. The standard InChI is InChI=1S/C9H13NO2S2/c1-3-12-8(11)7(2)6-14-9-10-4-5-13-9/h4-5,7H,3,6H2,1-2H3. The number of rotatable bonds is 5. The van der Waals surface area contributed by atoms with E-state index in [4.69, 9.17) is 4.74 Å². The van der Waals surface area contributed by atoms with Crippen molar-refractivity contribution in [2.24, 2.45) is 5.92 Å². The molecule has 0 spiro atoms. The van der Waals surface area contributed by atoms with Gasteiger partial charge in [-0.2, -0.15) is 0 Å². The summed E-state index contributed by atoms with van der Waals surface area (Å²) in [6, 6.07) is 0. The number of hydrogen-bond donors (Lipinski definition) is 0. The predicted molar refractivity (Wildman–Crippen MR) is 58.6 cm³/mol. The van der Waals surface area contributed by atoms with Crippen molar-refractivity contribution in [3.05, 3.63) is 11.6 Å². The van der Waals surface area contributed by atoms with Gasteiger partial charge in [0, 0.05) is 17.3 Å². The van der Waals surface area contributed by atoms with Gasteiger partial charge in [-0.25, -0.2) is 4.98 Å². The minimum absolute atomic E-state index is 0.0659. The van der Waals surface area contributed by atoms with Crippen LogP contribution in [0.1, 0.15) is 13.8 Å². The second kappa shape index (κ2) is 6.03. The summed E-state index contributed by atoms with van der Waals surface area (Å²) in [4.78, 5) is 15.4. The fourth-order valence-corrected chi connectivity index (χ4v) is 2.50. The van der Waals surface area contributed by atoms with Crippen LogP contribution in [0.15, 0.2) is 15.9 Å². The Hall–Kier alpha value is -0.550. The van der Waals surface area contributed by atoms with Crippen molar-refractivity contribution in [3.63, 3.8) is 0 Å². The van der Waals surface area contributed by atoms with Crippen LogP contribution < -0.4 is 0 Å². The molecule has 14 heavy (non-hydrogen) atoms. The molecule has 0 aliphatic rings. The minimum atomic E-state index is -0.128. The molecule has 0 saturated heterocycles. The van der Waals surface area contributed by atoms with E-state index in [1.807, 2.05) is 19.2 Å². The lowest BCUT2D eigenvalue weighted by molar-refractivity contribution is -0.146. The van der Waals surface area contributed by atoms with Gasteiger partial charge in [0.15, 0.2) is 0 Å². The van der Waals surface area contributed by atoms with Crippen molar-refractivity contribution in [1.82, 2.24) is 4.98 Å². The first-order valence-electron chi connectivity index (χ1n) is 4.43. The Kier molecular flexibility index (Phi) is 4.97. The molecular weight excluding hydrogens is 218 g/mol. The van der Waals surface area contributed by atoms with E-state index in [2.05, 4.69) is 4.98 Å². The summed E-state index contributed by atoms with van der Waals surface area (Å²) in [5.74, 6) is 0.534. The first-order chi connectivity index (χ1) is 6.74. The van der Waals surface area contributed by atoms with E-state index in [1.54, 1.807) is 29.3 Å². The lowest BCUT2D eigenvalue weighted by Gasteiger charge is -2.08. The van der Waals surface area contributed by atoms with Gasteiger partial charge in [-0.3, -0.25) is 4.79 Å². The van der Waals surface area contributed by atoms with Crippen LogP contribution in [0.3, 0.4) is 0 Å². The third-order valence-corrected chi connectivity index (χ3v) is 3.78. The molecule has 0 aromatic carbocycles. The SMILES string of the molecule is CCOC(=O)C(C)CSc1nccs1. The molecule has 0 aliphatic heterocycles. The molecule has 5 heteroatoms. The lowest BCUT2D eigenvalue weighted by atomic mass is 10.2. The summed E-state index contributed by atoms with van der Waals surface area (Å²) >= 11 is 3.19. The summed E-state index contributed by atoms with van der Waals surface area (Å²) in [6.07, 6.45) is 1.77. The Morgan fingerprint density at radius 1 is 1.79 bits per heavy atom. The molecule has 0 fully saturated rings. The second-order valence-corrected chi connectivity index (χ2v) is 4.92. The number of carbonyl (C=O) groups is 1. The van der Waals surface area contributed by atoms with Gasteiger partial charge < -0.3 is 4.74 Å². The zero-order chi connectivity index (χ0) is 10.4. The molecule has 0 aliphatic carbocycles. The molecule has 1 atom stereocenters. The number of carbonyl (C=O) groups excluding carboxylic acids is 1. The highest BCUT2D eigenvalue weighted by atomic mass is 32.2. The van der Waals surface area contributed by atoms with E-state index in [0.717, 1.165) is 10.1 Å². The molecule has 1 aromatic heterocycles. The van der Waals surface area contributed by atoms with Gasteiger partial charge in [0.25, 0.3) is 0 Å². The summed E-state index contributed by atoms with van der Waals surface area (Å²) in [5, 5.41) is 1.93. The lowest BCUT2D eigenvalue weighted by Crippen LogP contribution is -2.16. The normalized spacial score (nSPS) is 12.4. The zero-order valence-electron chi connectivity index (χ0n) is 8.23. The fourth-order valence-electron chi connectivity index (χ4n) is 0.830. The van der Waals surface area contributed by atoms with Crippen LogP contribution >= 0.6 is 23.1 Å². The van der Waals surface area contributed by atoms with Crippen LogP contribution in [0.25, 0.3) is 0 Å². The maximum atomic E-state index is 11.2. The highest BCUT2D eigenvalue weighted by Gasteiger charge is 2.14. The number of hydrogen-bond acceptors (Lipinski definition) is 5. The molecule has 0 bridgehead atoms. The van der Waals surface area contributed by atoms with Crippen molar-refractivity contribution in [2.75, 3.05) is 12.4 Å². The Labute approximate surface area is 91.9 Å². The molecule has 0 saturated carbocycles. The topological polar surface area (TPSA) is 39.2 Å². The Morgan fingerprint density at radius 3 is 3.14 bits per heavy atom. The molecule has 1 aromatic rings. The van der Waals surface area contributed by atoms with Gasteiger partial charge in [-0.05, 0) is 6.92 Å². The molecule has 1 rings (SSSR count). The van der Waals surface area contributed by atoms with E-state index in [-0.39, 0.29) is 11.9 Å². The third-order valence-electron chi connectivity index (χ3n) is 1.56. The first-order valence-corrected chi connectivity index (χ1v) is 6.29. The fraction of sp³-hybridized carbons (Fsp3) is 0.556. The summed E-state index contributed by atoms with van der Waals surface area (Å²) in [5.41, 5.74) is 0. The quantitative estimate of drug-likeness (QED) is 0.576. The molecule has 0 amide bonds. The van der Waals surface area contributed by atoms with Gasteiger partial charge in [-0.1, -0.05) is 18.7 Å². The minimum Gasteiger partial charge on any atom is -0.466 e. The number of esters is 1. The van der Waals surface area contributed by atoms with Crippen molar-refractivity contribution >= 4 is 29.1 Å². The number of aromatic nitrogens is 1. The van der Waals surface area contributed by atoms with E-state index in [9.17, 15) is 4.79 Å². The molecule has 1 unspecified atom stereocenters. The number of nitrogens with zero attached hydrogens (tertiary/aromatic N) is 1. The van der Waals surface area contributed by atoms with Crippen molar-refractivity contribution < 1.29 is 9.53 Å². The van der Waals surface area contributed by atoms with Gasteiger partial charge >= 0.3 is 5.97 Å². The maximum Gasteiger partial charge on any atom is 0.309 e. The highest BCUT2D eigenvalue weighted by molar-refractivity contribution is 8.01. The second-order valence-electron chi connectivity index (χ2n) is 2.76. The van der Waals surface area contributed by atoms with E-state index >= 15 is 0 Å². The van der Waals surface area contributed by atoms with Crippen molar-refractivity contribution in [2.45, 2.75) is 18.2 Å². The smallest absolute Gasteiger partial charge is 0.309 e. The van der Waals surface area contributed by atoms with Crippen molar-refractivity contribution in [3.8, 4) is 0 Å². The van der Waals surface area contributed by atoms with Crippen LogP contribution in [0.5, 0.6) is 0 Å².